The van der Waals surface area contributed by atoms with E-state index in [-0.39, 0.29) is 16.1 Å². The van der Waals surface area contributed by atoms with Gasteiger partial charge in [-0.05, 0) is 49.3 Å². The van der Waals surface area contributed by atoms with Crippen LogP contribution in [0.5, 0.6) is 5.75 Å². The van der Waals surface area contributed by atoms with Crippen molar-refractivity contribution < 1.29 is 13.5 Å². The Hall–Kier alpha value is -2.16. The van der Waals surface area contributed by atoms with Crippen LogP contribution in [0.3, 0.4) is 0 Å². The number of phenolic OH excluding ortho intramolecular Hbond substituents is 1. The molecule has 26 heavy (non-hydrogen) atoms. The maximum Gasteiger partial charge on any atom is 0.241 e. The molecule has 2 aromatic rings. The van der Waals surface area contributed by atoms with Crippen LogP contribution in [0.2, 0.25) is 0 Å². The number of pyridine rings is 1. The van der Waals surface area contributed by atoms with Crippen molar-refractivity contribution in [1.82, 2.24) is 9.88 Å². The molecule has 0 spiro atoms. The molecule has 0 saturated heterocycles. The van der Waals surface area contributed by atoms with Crippen molar-refractivity contribution in [1.29, 1.82) is 0 Å². The number of nitrogens with one attached hydrogen (secondary N) is 1. The lowest BCUT2D eigenvalue weighted by Crippen LogP contribution is -2.34. The van der Waals surface area contributed by atoms with Crippen LogP contribution in [0.1, 0.15) is 13.8 Å². The van der Waals surface area contributed by atoms with Gasteiger partial charge in [-0.2, -0.15) is 0 Å². The standard InChI is InChI=1S/C18H26N4O3S/c1-18(2,12-22(3)4)11-21-17-8-6-14(10-20-17)13-5-7-15(23)16(9-13)26(19,24)25/h5-10,23H,11-12H2,1-4H3,(H,20,21)(H2,19,24,25). The first-order valence-corrected chi connectivity index (χ1v) is 9.73. The number of nitrogens with two attached hydrogens (primary N) is 1. The quantitative estimate of drug-likeness (QED) is 0.681. The second-order valence-electron chi connectivity index (χ2n) is 7.42. The number of hydrogen-bond acceptors (Lipinski definition) is 6. The summed E-state index contributed by atoms with van der Waals surface area (Å²) in [4.78, 5) is 6.23. The van der Waals surface area contributed by atoms with Gasteiger partial charge in [-0.1, -0.05) is 19.9 Å². The molecule has 2 rings (SSSR count). The van der Waals surface area contributed by atoms with Crippen LogP contribution >= 0.6 is 0 Å². The molecule has 0 aliphatic rings. The Labute approximate surface area is 154 Å². The average Bonchev–Trinajstić information content (AvgIpc) is 2.52. The molecule has 0 saturated carbocycles. The zero-order valence-electron chi connectivity index (χ0n) is 15.5. The number of rotatable bonds is 7. The average molecular weight is 378 g/mol. The Morgan fingerprint density at radius 3 is 2.38 bits per heavy atom. The molecule has 8 heteroatoms. The molecule has 0 amide bonds. The highest BCUT2D eigenvalue weighted by molar-refractivity contribution is 7.89. The van der Waals surface area contributed by atoms with Gasteiger partial charge in [-0.3, -0.25) is 0 Å². The summed E-state index contributed by atoms with van der Waals surface area (Å²) < 4.78 is 23.1. The van der Waals surface area contributed by atoms with Gasteiger partial charge in [0.15, 0.2) is 0 Å². The van der Waals surface area contributed by atoms with E-state index in [1.165, 1.54) is 12.1 Å². The van der Waals surface area contributed by atoms with Gasteiger partial charge < -0.3 is 15.3 Å². The van der Waals surface area contributed by atoms with Gasteiger partial charge in [0.25, 0.3) is 0 Å². The minimum atomic E-state index is -3.99. The fourth-order valence-electron chi connectivity index (χ4n) is 2.83. The Balaban J connectivity index is 2.15. The van der Waals surface area contributed by atoms with Crippen LogP contribution in [-0.4, -0.2) is 50.6 Å². The Kier molecular flexibility index (Phi) is 5.90. The van der Waals surface area contributed by atoms with Crippen LogP contribution in [0.15, 0.2) is 41.4 Å². The summed E-state index contributed by atoms with van der Waals surface area (Å²) in [6.45, 7) is 6.08. The van der Waals surface area contributed by atoms with Crippen molar-refractivity contribution in [2.45, 2.75) is 18.7 Å². The first kappa shape index (κ1) is 20.2. The molecule has 1 aromatic heterocycles. The molecule has 0 atom stereocenters. The van der Waals surface area contributed by atoms with Gasteiger partial charge in [-0.25, -0.2) is 18.5 Å². The van der Waals surface area contributed by atoms with Crippen molar-refractivity contribution >= 4 is 15.8 Å². The predicted octanol–water partition coefficient (Wildman–Crippen LogP) is 2.10. The summed E-state index contributed by atoms with van der Waals surface area (Å²) in [7, 11) is 0.0939. The summed E-state index contributed by atoms with van der Waals surface area (Å²) in [5.41, 5.74) is 1.43. The second-order valence-corrected chi connectivity index (χ2v) is 8.95. The SMILES string of the molecule is CN(C)CC(C)(C)CNc1ccc(-c2ccc(O)c(S(N)(=O)=O)c2)cn1. The fourth-order valence-corrected chi connectivity index (χ4v) is 3.48. The summed E-state index contributed by atoms with van der Waals surface area (Å²) in [6.07, 6.45) is 1.65. The summed E-state index contributed by atoms with van der Waals surface area (Å²) >= 11 is 0. The van der Waals surface area contributed by atoms with E-state index in [1.54, 1.807) is 12.3 Å². The Morgan fingerprint density at radius 1 is 1.19 bits per heavy atom. The third-order valence-corrected chi connectivity index (χ3v) is 4.80. The molecule has 0 radical (unpaired) electrons. The summed E-state index contributed by atoms with van der Waals surface area (Å²) in [6, 6.07) is 7.95. The van der Waals surface area contributed by atoms with Gasteiger partial charge in [0.2, 0.25) is 10.0 Å². The van der Waals surface area contributed by atoms with Crippen LogP contribution in [0, 0.1) is 5.41 Å². The van der Waals surface area contributed by atoms with Crippen molar-refractivity contribution in [2.75, 3.05) is 32.5 Å². The third kappa shape index (κ3) is 5.42. The van der Waals surface area contributed by atoms with E-state index < -0.39 is 10.0 Å². The number of phenols is 1. The van der Waals surface area contributed by atoms with Crippen LogP contribution < -0.4 is 10.5 Å². The van der Waals surface area contributed by atoms with E-state index in [9.17, 15) is 13.5 Å². The number of aromatic hydroxyl groups is 1. The van der Waals surface area contributed by atoms with E-state index in [1.807, 2.05) is 26.2 Å². The highest BCUT2D eigenvalue weighted by Crippen LogP contribution is 2.28. The van der Waals surface area contributed by atoms with Gasteiger partial charge in [-0.15, -0.1) is 0 Å². The molecular weight excluding hydrogens is 352 g/mol. The first-order chi connectivity index (χ1) is 12.0. The van der Waals surface area contributed by atoms with Gasteiger partial charge in [0, 0.05) is 24.8 Å². The van der Waals surface area contributed by atoms with E-state index >= 15 is 0 Å². The smallest absolute Gasteiger partial charge is 0.241 e. The maximum atomic E-state index is 11.5. The predicted molar refractivity (Wildman–Crippen MR) is 104 cm³/mol. The first-order valence-electron chi connectivity index (χ1n) is 8.19. The number of hydrogen-bond donors (Lipinski definition) is 3. The van der Waals surface area contributed by atoms with Crippen LogP contribution in [-0.2, 0) is 10.0 Å². The van der Waals surface area contributed by atoms with E-state index in [2.05, 4.69) is 29.0 Å². The topological polar surface area (TPSA) is 109 Å². The number of sulfonamides is 1. The van der Waals surface area contributed by atoms with Crippen molar-refractivity contribution in [3.8, 4) is 16.9 Å². The summed E-state index contributed by atoms with van der Waals surface area (Å²) in [5, 5.41) is 18.1. The van der Waals surface area contributed by atoms with Crippen LogP contribution in [0.25, 0.3) is 11.1 Å². The lowest BCUT2D eigenvalue weighted by atomic mass is 9.93. The minimum Gasteiger partial charge on any atom is -0.507 e. The summed E-state index contributed by atoms with van der Waals surface area (Å²) in [5.74, 6) is 0.372. The maximum absolute atomic E-state index is 11.5. The molecule has 0 fully saturated rings. The molecule has 142 valence electrons. The monoisotopic (exact) mass is 378 g/mol. The number of nitrogens with zero attached hydrogens (tertiary/aromatic N) is 2. The molecule has 0 aliphatic carbocycles. The molecule has 7 nitrogen and oxygen atoms in total. The Bertz CT molecular complexity index is 863. The highest BCUT2D eigenvalue weighted by atomic mass is 32.2. The molecule has 0 bridgehead atoms. The molecule has 1 heterocycles. The molecule has 0 aliphatic heterocycles. The highest BCUT2D eigenvalue weighted by Gasteiger charge is 2.19. The molecule has 4 N–H and O–H groups in total. The van der Waals surface area contributed by atoms with E-state index in [0.717, 1.165) is 24.5 Å². The van der Waals surface area contributed by atoms with Crippen molar-refractivity contribution in [3.05, 3.63) is 36.5 Å². The number of benzene rings is 1. The lowest BCUT2D eigenvalue weighted by molar-refractivity contribution is 0.254. The van der Waals surface area contributed by atoms with Crippen molar-refractivity contribution in [2.24, 2.45) is 10.6 Å². The van der Waals surface area contributed by atoms with Crippen LogP contribution in [0.4, 0.5) is 5.82 Å². The zero-order chi connectivity index (χ0) is 19.5. The molecule has 1 aromatic carbocycles. The minimum absolute atomic E-state index is 0.0885. The lowest BCUT2D eigenvalue weighted by Gasteiger charge is -2.28. The Morgan fingerprint density at radius 2 is 1.85 bits per heavy atom. The van der Waals surface area contributed by atoms with Crippen molar-refractivity contribution in [3.63, 3.8) is 0 Å². The molecule has 0 unspecified atom stereocenters. The number of anilines is 1. The number of primary sulfonamides is 1. The number of aromatic nitrogens is 1. The van der Waals surface area contributed by atoms with E-state index in [4.69, 9.17) is 5.14 Å². The second kappa shape index (κ2) is 7.61. The zero-order valence-corrected chi connectivity index (χ0v) is 16.3. The normalized spacial score (nSPS) is 12.4. The largest absolute Gasteiger partial charge is 0.507 e. The van der Waals surface area contributed by atoms with Gasteiger partial charge in [0.05, 0.1) is 0 Å². The third-order valence-electron chi connectivity index (χ3n) is 3.86. The van der Waals surface area contributed by atoms with Gasteiger partial charge in [0.1, 0.15) is 16.5 Å². The van der Waals surface area contributed by atoms with E-state index in [0.29, 0.717) is 5.56 Å². The fraction of sp³-hybridized carbons (Fsp3) is 0.389. The molecular formula is C18H26N4O3S. The van der Waals surface area contributed by atoms with Gasteiger partial charge >= 0.3 is 0 Å².